The van der Waals surface area contributed by atoms with E-state index in [1.165, 1.54) is 10.3 Å². The summed E-state index contributed by atoms with van der Waals surface area (Å²) in [5.74, 6) is 0.397. The molecule has 2 nitrogen and oxygen atoms in total. The first-order valence-corrected chi connectivity index (χ1v) is 5.91. The van der Waals surface area contributed by atoms with Crippen LogP contribution in [0.2, 0.25) is 0 Å². The lowest BCUT2D eigenvalue weighted by Gasteiger charge is -2.08. The Hall–Kier alpha value is -1.96. The van der Waals surface area contributed by atoms with Gasteiger partial charge in [-0.2, -0.15) is 4.73 Å². The summed E-state index contributed by atoms with van der Waals surface area (Å²) in [6.45, 7) is 4.29. The first-order chi connectivity index (χ1) is 8.20. The Kier molecular flexibility index (Phi) is 2.11. The second kappa shape index (κ2) is 3.52. The van der Waals surface area contributed by atoms with Crippen molar-refractivity contribution in [3.63, 3.8) is 0 Å². The van der Waals surface area contributed by atoms with Crippen molar-refractivity contribution >= 4 is 21.8 Å². The van der Waals surface area contributed by atoms with Gasteiger partial charge >= 0.3 is 0 Å². The molecule has 0 bridgehead atoms. The smallest absolute Gasteiger partial charge is 0.0913 e. The van der Waals surface area contributed by atoms with Gasteiger partial charge in [0.15, 0.2) is 0 Å². The maximum atomic E-state index is 10.3. The molecule has 0 radical (unpaired) electrons. The minimum Gasteiger partial charge on any atom is -0.428 e. The van der Waals surface area contributed by atoms with E-state index < -0.39 is 0 Å². The van der Waals surface area contributed by atoms with Crippen LogP contribution in [0.15, 0.2) is 42.5 Å². The molecule has 1 aromatic heterocycles. The fraction of sp³-hybridized carbons (Fsp3) is 0.200. The third-order valence-corrected chi connectivity index (χ3v) is 3.32. The lowest BCUT2D eigenvalue weighted by molar-refractivity contribution is 0.212. The van der Waals surface area contributed by atoms with Crippen molar-refractivity contribution in [2.75, 3.05) is 0 Å². The Morgan fingerprint density at radius 2 is 1.65 bits per heavy atom. The molecule has 0 aliphatic rings. The Morgan fingerprint density at radius 1 is 0.941 bits per heavy atom. The molecule has 0 aliphatic heterocycles. The van der Waals surface area contributed by atoms with Crippen LogP contribution < -0.4 is 0 Å². The highest BCUT2D eigenvalue weighted by atomic mass is 16.5. The Morgan fingerprint density at radius 3 is 2.41 bits per heavy atom. The van der Waals surface area contributed by atoms with E-state index in [4.69, 9.17) is 0 Å². The third-order valence-electron chi connectivity index (χ3n) is 3.32. The number of hydrogen-bond donors (Lipinski definition) is 1. The SMILES string of the molecule is CC(C)c1cccc2c3ccccc3n(O)c12. The average molecular weight is 225 g/mol. The van der Waals surface area contributed by atoms with Gasteiger partial charge in [0, 0.05) is 10.8 Å². The van der Waals surface area contributed by atoms with E-state index >= 15 is 0 Å². The van der Waals surface area contributed by atoms with E-state index in [1.54, 1.807) is 0 Å². The molecule has 0 unspecified atom stereocenters. The normalized spacial score (nSPS) is 11.7. The van der Waals surface area contributed by atoms with Crippen molar-refractivity contribution in [1.29, 1.82) is 0 Å². The molecule has 1 N–H and O–H groups in total. The summed E-state index contributed by atoms with van der Waals surface area (Å²) in [7, 11) is 0. The maximum absolute atomic E-state index is 10.3. The van der Waals surface area contributed by atoms with Gasteiger partial charge in [-0.1, -0.05) is 50.2 Å². The topological polar surface area (TPSA) is 25.2 Å². The van der Waals surface area contributed by atoms with Crippen molar-refractivity contribution < 1.29 is 5.21 Å². The number of benzene rings is 2. The first kappa shape index (κ1) is 10.2. The molecular weight excluding hydrogens is 210 g/mol. The summed E-state index contributed by atoms with van der Waals surface area (Å²) >= 11 is 0. The van der Waals surface area contributed by atoms with E-state index in [-0.39, 0.29) is 0 Å². The molecule has 2 aromatic carbocycles. The van der Waals surface area contributed by atoms with Gasteiger partial charge in [0.05, 0.1) is 11.0 Å². The van der Waals surface area contributed by atoms with Gasteiger partial charge in [-0.05, 0) is 17.5 Å². The predicted octanol–water partition coefficient (Wildman–Crippen LogP) is 4.16. The highest BCUT2D eigenvalue weighted by Crippen LogP contribution is 2.32. The molecule has 0 spiro atoms. The molecule has 86 valence electrons. The van der Waals surface area contributed by atoms with Crippen molar-refractivity contribution in [1.82, 2.24) is 4.73 Å². The van der Waals surface area contributed by atoms with E-state index in [0.717, 1.165) is 21.8 Å². The number of hydrogen-bond acceptors (Lipinski definition) is 1. The summed E-state index contributed by atoms with van der Waals surface area (Å²) in [5, 5.41) is 12.5. The van der Waals surface area contributed by atoms with Gasteiger partial charge in [-0.15, -0.1) is 0 Å². The van der Waals surface area contributed by atoms with E-state index in [1.807, 2.05) is 18.2 Å². The molecule has 2 heteroatoms. The standard InChI is InChI=1S/C15H15NO/c1-10(2)11-7-5-8-13-12-6-3-4-9-14(12)16(17)15(11)13/h3-10,17H,1-2H3. The summed E-state index contributed by atoms with van der Waals surface area (Å²) in [4.78, 5) is 0. The fourth-order valence-electron chi connectivity index (χ4n) is 2.49. The first-order valence-electron chi connectivity index (χ1n) is 5.91. The van der Waals surface area contributed by atoms with Crippen LogP contribution in [0.4, 0.5) is 0 Å². The van der Waals surface area contributed by atoms with Crippen LogP contribution in [-0.4, -0.2) is 9.94 Å². The highest BCUT2D eigenvalue weighted by molar-refractivity contribution is 6.08. The largest absolute Gasteiger partial charge is 0.428 e. The molecule has 3 aromatic rings. The van der Waals surface area contributed by atoms with Gasteiger partial charge in [0.25, 0.3) is 0 Å². The van der Waals surface area contributed by atoms with Gasteiger partial charge in [-0.3, -0.25) is 0 Å². The maximum Gasteiger partial charge on any atom is 0.0913 e. The Bertz CT molecular complexity index is 695. The zero-order valence-electron chi connectivity index (χ0n) is 10.0. The zero-order valence-corrected chi connectivity index (χ0v) is 10.0. The predicted molar refractivity (Wildman–Crippen MR) is 70.7 cm³/mol. The Labute approximate surface area is 100 Å². The molecule has 0 aliphatic carbocycles. The number of para-hydroxylation sites is 2. The molecule has 17 heavy (non-hydrogen) atoms. The van der Waals surface area contributed by atoms with Crippen LogP contribution in [0.25, 0.3) is 21.8 Å². The molecular formula is C15H15NO. The number of rotatable bonds is 1. The van der Waals surface area contributed by atoms with Crippen LogP contribution in [0.5, 0.6) is 0 Å². The van der Waals surface area contributed by atoms with Crippen LogP contribution in [0, 0.1) is 0 Å². The van der Waals surface area contributed by atoms with Gasteiger partial charge in [-0.25, -0.2) is 0 Å². The fourth-order valence-corrected chi connectivity index (χ4v) is 2.49. The van der Waals surface area contributed by atoms with Gasteiger partial charge < -0.3 is 5.21 Å². The molecule has 0 amide bonds. The summed E-state index contributed by atoms with van der Waals surface area (Å²) < 4.78 is 1.32. The molecule has 3 rings (SSSR count). The highest BCUT2D eigenvalue weighted by Gasteiger charge is 2.14. The van der Waals surface area contributed by atoms with Crippen molar-refractivity contribution in [3.8, 4) is 0 Å². The van der Waals surface area contributed by atoms with Crippen molar-refractivity contribution in [3.05, 3.63) is 48.0 Å². The van der Waals surface area contributed by atoms with Crippen LogP contribution in [0.1, 0.15) is 25.3 Å². The quantitative estimate of drug-likeness (QED) is 0.618. The second-order valence-corrected chi connectivity index (χ2v) is 4.73. The van der Waals surface area contributed by atoms with E-state index in [2.05, 4.69) is 38.1 Å². The monoisotopic (exact) mass is 225 g/mol. The lowest BCUT2D eigenvalue weighted by Crippen LogP contribution is -1.95. The van der Waals surface area contributed by atoms with Crippen LogP contribution in [-0.2, 0) is 0 Å². The summed E-state index contributed by atoms with van der Waals surface area (Å²) in [5.41, 5.74) is 2.99. The Balaban J connectivity index is 2.57. The van der Waals surface area contributed by atoms with E-state index in [0.29, 0.717) is 5.92 Å². The average Bonchev–Trinajstić information content (AvgIpc) is 2.64. The lowest BCUT2D eigenvalue weighted by atomic mass is 10.00. The third kappa shape index (κ3) is 1.34. The second-order valence-electron chi connectivity index (χ2n) is 4.73. The minimum absolute atomic E-state index is 0.397. The molecule has 0 saturated heterocycles. The van der Waals surface area contributed by atoms with E-state index in [9.17, 15) is 5.21 Å². The van der Waals surface area contributed by atoms with Gasteiger partial charge in [0.2, 0.25) is 0 Å². The molecule has 0 fully saturated rings. The minimum atomic E-state index is 0.397. The number of fused-ring (bicyclic) bond motifs is 3. The van der Waals surface area contributed by atoms with Crippen molar-refractivity contribution in [2.45, 2.75) is 19.8 Å². The summed E-state index contributed by atoms with van der Waals surface area (Å²) in [6.07, 6.45) is 0. The van der Waals surface area contributed by atoms with Crippen LogP contribution in [0.3, 0.4) is 0 Å². The molecule has 0 atom stereocenters. The molecule has 1 heterocycles. The number of nitrogens with zero attached hydrogens (tertiary/aromatic N) is 1. The van der Waals surface area contributed by atoms with Crippen molar-refractivity contribution in [2.24, 2.45) is 0 Å². The molecule has 0 saturated carbocycles. The van der Waals surface area contributed by atoms with Crippen LogP contribution >= 0.6 is 0 Å². The summed E-state index contributed by atoms with van der Waals surface area (Å²) in [6, 6.07) is 14.2. The van der Waals surface area contributed by atoms with Gasteiger partial charge in [0.1, 0.15) is 0 Å². The zero-order chi connectivity index (χ0) is 12.0. The number of aromatic nitrogens is 1.